The van der Waals surface area contributed by atoms with Gasteiger partial charge in [-0.3, -0.25) is 14.6 Å². The van der Waals surface area contributed by atoms with Gasteiger partial charge in [0, 0.05) is 48.8 Å². The van der Waals surface area contributed by atoms with Crippen LogP contribution in [0.15, 0.2) is 24.5 Å². The lowest BCUT2D eigenvalue weighted by Crippen LogP contribution is -2.28. The number of nitrogens with one attached hydrogen (secondary N) is 1. The second-order valence-corrected chi connectivity index (χ2v) is 8.56. The molecular formula is C24H30N4O4. The molecule has 1 unspecified atom stereocenters. The minimum atomic E-state index is -0.176. The predicted molar refractivity (Wildman–Crippen MR) is 118 cm³/mol. The number of hydrogen-bond acceptors (Lipinski definition) is 6. The molecule has 1 aliphatic heterocycles. The van der Waals surface area contributed by atoms with Crippen molar-refractivity contribution in [3.63, 3.8) is 0 Å². The van der Waals surface area contributed by atoms with E-state index in [1.54, 1.807) is 23.4 Å². The molecule has 0 bridgehead atoms. The van der Waals surface area contributed by atoms with Crippen LogP contribution in [-0.2, 0) is 17.8 Å². The molecule has 1 fully saturated rings. The summed E-state index contributed by atoms with van der Waals surface area (Å²) in [6.45, 7) is 4.82. The van der Waals surface area contributed by atoms with E-state index in [1.165, 1.54) is 6.42 Å². The molecule has 2 amide bonds. The van der Waals surface area contributed by atoms with Crippen LogP contribution >= 0.6 is 0 Å². The van der Waals surface area contributed by atoms with Crippen LogP contribution in [0.1, 0.15) is 71.4 Å². The van der Waals surface area contributed by atoms with Crippen molar-refractivity contribution in [1.82, 2.24) is 20.2 Å². The first-order chi connectivity index (χ1) is 15.5. The highest BCUT2D eigenvalue weighted by Crippen LogP contribution is 2.34. The number of aryl methyl sites for hydroxylation is 1. The third-order valence-corrected chi connectivity index (χ3v) is 6.28. The molecule has 2 aliphatic rings. The molecule has 1 atom stereocenters. The number of amides is 2. The molecule has 0 saturated heterocycles. The maximum absolute atomic E-state index is 13.1. The van der Waals surface area contributed by atoms with E-state index >= 15 is 0 Å². The molecule has 1 saturated carbocycles. The minimum Gasteiger partial charge on any atom is -0.474 e. The first kappa shape index (κ1) is 22.2. The van der Waals surface area contributed by atoms with Gasteiger partial charge in [-0.2, -0.15) is 0 Å². The number of aromatic nitrogens is 2. The summed E-state index contributed by atoms with van der Waals surface area (Å²) in [5, 5.41) is 11.6. The molecule has 0 aromatic carbocycles. The van der Waals surface area contributed by atoms with Gasteiger partial charge in [0.1, 0.15) is 6.10 Å². The summed E-state index contributed by atoms with van der Waals surface area (Å²) >= 11 is 0. The van der Waals surface area contributed by atoms with E-state index in [2.05, 4.69) is 15.3 Å². The van der Waals surface area contributed by atoms with Crippen molar-refractivity contribution < 1.29 is 19.4 Å². The van der Waals surface area contributed by atoms with Crippen molar-refractivity contribution in [2.75, 3.05) is 13.2 Å². The monoisotopic (exact) mass is 438 g/mol. The number of aliphatic hydroxyl groups is 1. The van der Waals surface area contributed by atoms with E-state index in [0.717, 1.165) is 29.5 Å². The van der Waals surface area contributed by atoms with Gasteiger partial charge in [0.25, 0.3) is 5.91 Å². The highest BCUT2D eigenvalue weighted by molar-refractivity contribution is 5.99. The van der Waals surface area contributed by atoms with Gasteiger partial charge in [-0.15, -0.1) is 0 Å². The molecule has 0 radical (unpaired) electrons. The average Bonchev–Trinajstić information content (AvgIpc) is 3.09. The topological polar surface area (TPSA) is 105 Å². The number of carbonyl (C=O) groups excluding carboxylic acids is 2. The lowest BCUT2D eigenvalue weighted by Gasteiger charge is -2.28. The van der Waals surface area contributed by atoms with E-state index in [4.69, 9.17) is 9.84 Å². The van der Waals surface area contributed by atoms with Crippen LogP contribution in [0.5, 0.6) is 5.88 Å². The lowest BCUT2D eigenvalue weighted by atomic mass is 9.96. The Kier molecular flexibility index (Phi) is 6.69. The highest BCUT2D eigenvalue weighted by Gasteiger charge is 2.34. The van der Waals surface area contributed by atoms with Crippen molar-refractivity contribution in [3.8, 4) is 5.88 Å². The zero-order valence-corrected chi connectivity index (χ0v) is 18.6. The van der Waals surface area contributed by atoms with Crippen molar-refractivity contribution in [3.05, 3.63) is 52.5 Å². The van der Waals surface area contributed by atoms with E-state index in [1.807, 2.05) is 19.9 Å². The van der Waals surface area contributed by atoms with Crippen LogP contribution < -0.4 is 10.1 Å². The van der Waals surface area contributed by atoms with E-state index in [0.29, 0.717) is 36.6 Å². The zero-order valence-electron chi connectivity index (χ0n) is 18.6. The molecular weight excluding hydrogens is 408 g/mol. The fourth-order valence-electron chi connectivity index (χ4n) is 4.06. The molecule has 1 aliphatic carbocycles. The number of pyridine rings is 2. The fraction of sp³-hybridized carbons (Fsp3) is 0.500. The third kappa shape index (κ3) is 4.60. The molecule has 8 heteroatoms. The number of nitrogens with zero attached hydrogens (tertiary/aromatic N) is 3. The van der Waals surface area contributed by atoms with Crippen molar-refractivity contribution in [1.29, 1.82) is 0 Å². The summed E-state index contributed by atoms with van der Waals surface area (Å²) in [5.41, 5.74) is 3.93. The average molecular weight is 439 g/mol. The number of carbonyl (C=O) groups is 2. The normalized spacial score (nSPS) is 16.5. The van der Waals surface area contributed by atoms with Crippen molar-refractivity contribution >= 4 is 11.8 Å². The molecule has 3 heterocycles. The van der Waals surface area contributed by atoms with Gasteiger partial charge < -0.3 is 20.1 Å². The quantitative estimate of drug-likeness (QED) is 0.583. The third-order valence-electron chi connectivity index (χ3n) is 6.28. The second-order valence-electron chi connectivity index (χ2n) is 8.56. The Hall–Kier alpha value is -3.00. The van der Waals surface area contributed by atoms with Gasteiger partial charge in [-0.25, -0.2) is 4.98 Å². The van der Waals surface area contributed by atoms with E-state index in [9.17, 15) is 9.59 Å². The molecule has 8 nitrogen and oxygen atoms in total. The van der Waals surface area contributed by atoms with Crippen LogP contribution in [0.25, 0.3) is 0 Å². The number of rotatable bonds is 9. The van der Waals surface area contributed by atoms with Crippen LogP contribution in [0, 0.1) is 6.92 Å². The van der Waals surface area contributed by atoms with Crippen LogP contribution in [-0.4, -0.2) is 51.0 Å². The van der Waals surface area contributed by atoms with Crippen molar-refractivity contribution in [2.45, 2.75) is 64.6 Å². The Morgan fingerprint density at radius 3 is 2.88 bits per heavy atom. The van der Waals surface area contributed by atoms with Gasteiger partial charge in [-0.1, -0.05) is 0 Å². The summed E-state index contributed by atoms with van der Waals surface area (Å²) in [4.78, 5) is 36.0. The Morgan fingerprint density at radius 1 is 1.38 bits per heavy atom. The van der Waals surface area contributed by atoms with Gasteiger partial charge in [-0.05, 0) is 57.2 Å². The maximum atomic E-state index is 13.1. The Bertz CT molecular complexity index is 1010. The van der Waals surface area contributed by atoms with Crippen LogP contribution in [0.3, 0.4) is 0 Å². The number of fused-ring (bicyclic) bond motifs is 1. The second kappa shape index (κ2) is 9.65. The van der Waals surface area contributed by atoms with E-state index < -0.39 is 0 Å². The Morgan fingerprint density at radius 2 is 2.19 bits per heavy atom. The molecule has 32 heavy (non-hydrogen) atoms. The predicted octanol–water partition coefficient (Wildman–Crippen LogP) is 2.47. The van der Waals surface area contributed by atoms with Crippen molar-refractivity contribution in [2.24, 2.45) is 0 Å². The molecule has 2 aromatic rings. The Balaban J connectivity index is 1.47. The maximum Gasteiger partial charge on any atom is 0.255 e. The van der Waals surface area contributed by atoms with Crippen LogP contribution in [0.4, 0.5) is 0 Å². The van der Waals surface area contributed by atoms with Gasteiger partial charge in [0.15, 0.2) is 0 Å². The molecule has 2 N–H and O–H groups in total. The number of hydrogen-bond donors (Lipinski definition) is 2. The van der Waals surface area contributed by atoms with Gasteiger partial charge >= 0.3 is 0 Å². The summed E-state index contributed by atoms with van der Waals surface area (Å²) in [6, 6.07) is 3.58. The Labute approximate surface area is 188 Å². The summed E-state index contributed by atoms with van der Waals surface area (Å²) in [7, 11) is 0. The highest BCUT2D eigenvalue weighted by atomic mass is 16.5. The summed E-state index contributed by atoms with van der Waals surface area (Å²) in [5.74, 6) is 0.435. The van der Waals surface area contributed by atoms with Crippen LogP contribution in [0.2, 0.25) is 0 Å². The number of aliphatic hydroxyl groups excluding tert-OH is 1. The SMILES string of the molecule is Cc1cc(C(C)N2Cc3c(ccnc3CC(=O)NCCCO)C2=O)cnc1OC1CCC1. The standard InChI is InChI=1S/C24H30N4O4/c1-15-11-17(13-27-23(15)32-18-5-3-6-18)16(2)28-14-20-19(24(28)31)7-9-25-21(20)12-22(30)26-8-4-10-29/h7,9,11,13,16,18,29H,3-6,8,10,12,14H2,1-2H3,(H,26,30). The molecule has 4 rings (SSSR count). The molecule has 170 valence electrons. The largest absolute Gasteiger partial charge is 0.474 e. The molecule has 0 spiro atoms. The summed E-state index contributed by atoms with van der Waals surface area (Å²) < 4.78 is 5.95. The first-order valence-corrected chi connectivity index (χ1v) is 11.3. The first-order valence-electron chi connectivity index (χ1n) is 11.3. The number of ether oxygens (including phenoxy) is 1. The minimum absolute atomic E-state index is 0.0304. The van der Waals surface area contributed by atoms with Gasteiger partial charge in [0.05, 0.1) is 18.2 Å². The van der Waals surface area contributed by atoms with E-state index in [-0.39, 0.29) is 37.0 Å². The smallest absolute Gasteiger partial charge is 0.255 e. The lowest BCUT2D eigenvalue weighted by molar-refractivity contribution is -0.120. The summed E-state index contributed by atoms with van der Waals surface area (Å²) in [6.07, 6.45) is 7.62. The molecule has 2 aromatic heterocycles. The van der Waals surface area contributed by atoms with Gasteiger partial charge in [0.2, 0.25) is 11.8 Å². The zero-order chi connectivity index (χ0) is 22.7. The fourth-order valence-corrected chi connectivity index (χ4v) is 4.06.